The molecule has 9 heavy (non-hydrogen) atoms. The van der Waals surface area contributed by atoms with Crippen LogP contribution in [0.2, 0.25) is 0 Å². The Morgan fingerprint density at radius 2 is 2.44 bits per heavy atom. The number of nitrogens with one attached hydrogen (secondary N) is 1. The predicted octanol–water partition coefficient (Wildman–Crippen LogP) is 1.56. The fraction of sp³-hybridized carbons (Fsp3) is 0.750. The van der Waals surface area contributed by atoms with E-state index < -0.39 is 0 Å². The maximum Gasteiger partial charge on any atom is 0.00443 e. The van der Waals surface area contributed by atoms with Gasteiger partial charge in [-0.3, -0.25) is 0 Å². The summed E-state index contributed by atoms with van der Waals surface area (Å²) < 4.78 is 0. The van der Waals surface area contributed by atoms with Crippen molar-refractivity contribution in [2.45, 2.75) is 25.8 Å². The van der Waals surface area contributed by atoms with Gasteiger partial charge in [-0.25, -0.2) is 0 Å². The first-order valence-corrected chi connectivity index (χ1v) is 3.69. The van der Waals surface area contributed by atoms with Crippen molar-refractivity contribution in [1.29, 1.82) is 0 Å². The SMILES string of the molecule is C=CC1CCN[C@H](C)C1. The Morgan fingerprint density at radius 1 is 1.67 bits per heavy atom. The summed E-state index contributed by atoms with van der Waals surface area (Å²) in [5.74, 6) is 0.765. The largest absolute Gasteiger partial charge is 0.314 e. The van der Waals surface area contributed by atoms with Gasteiger partial charge >= 0.3 is 0 Å². The van der Waals surface area contributed by atoms with E-state index in [-0.39, 0.29) is 0 Å². The van der Waals surface area contributed by atoms with Crippen LogP contribution >= 0.6 is 0 Å². The number of hydrogen-bond acceptors (Lipinski definition) is 1. The second kappa shape index (κ2) is 3.02. The zero-order valence-corrected chi connectivity index (χ0v) is 6.06. The van der Waals surface area contributed by atoms with Gasteiger partial charge in [0.2, 0.25) is 0 Å². The highest BCUT2D eigenvalue weighted by Gasteiger charge is 2.14. The molecule has 0 aliphatic carbocycles. The fourth-order valence-corrected chi connectivity index (χ4v) is 1.38. The summed E-state index contributed by atoms with van der Waals surface area (Å²) in [4.78, 5) is 0. The van der Waals surface area contributed by atoms with Crippen molar-refractivity contribution in [2.24, 2.45) is 5.92 Å². The van der Waals surface area contributed by atoms with Crippen LogP contribution in [0.25, 0.3) is 0 Å². The van der Waals surface area contributed by atoms with Crippen molar-refractivity contribution in [3.63, 3.8) is 0 Å². The first-order valence-electron chi connectivity index (χ1n) is 3.69. The molecule has 1 nitrogen and oxygen atoms in total. The Kier molecular flexibility index (Phi) is 2.29. The molecule has 0 radical (unpaired) electrons. The van der Waals surface area contributed by atoms with Crippen molar-refractivity contribution >= 4 is 0 Å². The minimum atomic E-state index is 0.696. The van der Waals surface area contributed by atoms with Gasteiger partial charge in [-0.05, 0) is 32.2 Å². The molecule has 1 rings (SSSR count). The second-order valence-electron chi connectivity index (χ2n) is 2.88. The quantitative estimate of drug-likeness (QED) is 0.524. The Bertz CT molecular complexity index is 98.7. The normalized spacial score (nSPS) is 36.1. The fourth-order valence-electron chi connectivity index (χ4n) is 1.38. The van der Waals surface area contributed by atoms with Crippen LogP contribution in [0.5, 0.6) is 0 Å². The van der Waals surface area contributed by atoms with Gasteiger partial charge in [0.05, 0.1) is 0 Å². The van der Waals surface area contributed by atoms with Crippen LogP contribution in [-0.2, 0) is 0 Å². The molecule has 1 unspecified atom stereocenters. The minimum absolute atomic E-state index is 0.696. The molecule has 1 N–H and O–H groups in total. The summed E-state index contributed by atoms with van der Waals surface area (Å²) in [6, 6.07) is 0.696. The zero-order valence-electron chi connectivity index (χ0n) is 6.06. The average Bonchev–Trinajstić information content (AvgIpc) is 1.88. The van der Waals surface area contributed by atoms with Gasteiger partial charge in [-0.15, -0.1) is 6.58 Å². The average molecular weight is 125 g/mol. The van der Waals surface area contributed by atoms with Crippen LogP contribution in [-0.4, -0.2) is 12.6 Å². The molecule has 0 aromatic heterocycles. The Morgan fingerprint density at radius 3 is 2.89 bits per heavy atom. The lowest BCUT2D eigenvalue weighted by Gasteiger charge is -2.25. The summed E-state index contributed by atoms with van der Waals surface area (Å²) in [5, 5.41) is 3.40. The molecule has 1 fully saturated rings. The van der Waals surface area contributed by atoms with E-state index in [9.17, 15) is 0 Å². The first kappa shape index (κ1) is 6.81. The van der Waals surface area contributed by atoms with E-state index in [0.29, 0.717) is 6.04 Å². The molecule has 1 heterocycles. The van der Waals surface area contributed by atoms with Crippen LogP contribution in [0.4, 0.5) is 0 Å². The highest BCUT2D eigenvalue weighted by molar-refractivity contribution is 4.85. The maximum atomic E-state index is 3.79. The molecule has 0 aromatic carbocycles. The molecule has 2 atom stereocenters. The lowest BCUT2D eigenvalue weighted by atomic mass is 9.94. The van der Waals surface area contributed by atoms with Gasteiger partial charge in [-0.1, -0.05) is 6.08 Å². The highest BCUT2D eigenvalue weighted by atomic mass is 14.9. The van der Waals surface area contributed by atoms with E-state index in [0.717, 1.165) is 12.5 Å². The minimum Gasteiger partial charge on any atom is -0.314 e. The Labute approximate surface area is 57.1 Å². The van der Waals surface area contributed by atoms with E-state index in [4.69, 9.17) is 0 Å². The third kappa shape index (κ3) is 1.83. The molecule has 0 spiro atoms. The van der Waals surface area contributed by atoms with E-state index in [2.05, 4.69) is 24.9 Å². The summed E-state index contributed by atoms with van der Waals surface area (Å²) in [6.45, 7) is 7.19. The summed E-state index contributed by atoms with van der Waals surface area (Å²) in [5.41, 5.74) is 0. The molecule has 1 heteroatoms. The molecule has 52 valence electrons. The topological polar surface area (TPSA) is 12.0 Å². The Balaban J connectivity index is 2.31. The van der Waals surface area contributed by atoms with E-state index >= 15 is 0 Å². The first-order chi connectivity index (χ1) is 4.33. The van der Waals surface area contributed by atoms with Crippen LogP contribution in [0.15, 0.2) is 12.7 Å². The van der Waals surface area contributed by atoms with Crippen molar-refractivity contribution < 1.29 is 0 Å². The summed E-state index contributed by atoms with van der Waals surface area (Å²) in [7, 11) is 0. The number of allylic oxidation sites excluding steroid dienone is 1. The molecule has 0 amide bonds. The van der Waals surface area contributed by atoms with Crippen molar-refractivity contribution in [1.82, 2.24) is 5.32 Å². The lowest BCUT2D eigenvalue weighted by molar-refractivity contribution is 0.362. The molecule has 0 aromatic rings. The van der Waals surface area contributed by atoms with E-state index in [1.54, 1.807) is 0 Å². The molecule has 0 bridgehead atoms. The van der Waals surface area contributed by atoms with Crippen LogP contribution in [0, 0.1) is 5.92 Å². The van der Waals surface area contributed by atoms with Crippen molar-refractivity contribution in [3.8, 4) is 0 Å². The Hall–Kier alpha value is -0.300. The van der Waals surface area contributed by atoms with Gasteiger partial charge in [0.25, 0.3) is 0 Å². The van der Waals surface area contributed by atoms with Gasteiger partial charge in [0, 0.05) is 6.04 Å². The molecule has 1 saturated heterocycles. The third-order valence-electron chi connectivity index (χ3n) is 2.00. The highest BCUT2D eigenvalue weighted by Crippen LogP contribution is 2.15. The van der Waals surface area contributed by atoms with Gasteiger partial charge in [0.15, 0.2) is 0 Å². The van der Waals surface area contributed by atoms with Gasteiger partial charge in [-0.2, -0.15) is 0 Å². The molecular formula is C8H15N. The molecular weight excluding hydrogens is 110 g/mol. The second-order valence-corrected chi connectivity index (χ2v) is 2.88. The predicted molar refractivity (Wildman–Crippen MR) is 40.4 cm³/mol. The smallest absolute Gasteiger partial charge is 0.00443 e. The maximum absolute atomic E-state index is 3.79. The summed E-state index contributed by atoms with van der Waals surface area (Å²) in [6.07, 6.45) is 4.62. The molecule has 1 aliphatic heterocycles. The lowest BCUT2D eigenvalue weighted by Crippen LogP contribution is -2.34. The standard InChI is InChI=1S/C8H15N/c1-3-8-4-5-9-7(2)6-8/h3,7-9H,1,4-6H2,2H3/t7-,8?/m1/s1. The number of hydrogen-bond donors (Lipinski definition) is 1. The third-order valence-corrected chi connectivity index (χ3v) is 2.00. The molecule has 0 saturated carbocycles. The van der Waals surface area contributed by atoms with Crippen LogP contribution < -0.4 is 5.32 Å². The van der Waals surface area contributed by atoms with Gasteiger partial charge < -0.3 is 5.32 Å². The molecule has 1 aliphatic rings. The van der Waals surface area contributed by atoms with E-state index in [1.165, 1.54) is 12.8 Å². The zero-order chi connectivity index (χ0) is 6.69. The van der Waals surface area contributed by atoms with Gasteiger partial charge in [0.1, 0.15) is 0 Å². The summed E-state index contributed by atoms with van der Waals surface area (Å²) >= 11 is 0. The number of piperidine rings is 1. The van der Waals surface area contributed by atoms with Crippen LogP contribution in [0.1, 0.15) is 19.8 Å². The van der Waals surface area contributed by atoms with Crippen molar-refractivity contribution in [2.75, 3.05) is 6.54 Å². The van der Waals surface area contributed by atoms with Crippen molar-refractivity contribution in [3.05, 3.63) is 12.7 Å². The van der Waals surface area contributed by atoms with Crippen LogP contribution in [0.3, 0.4) is 0 Å². The number of rotatable bonds is 1. The monoisotopic (exact) mass is 125 g/mol. The van der Waals surface area contributed by atoms with E-state index in [1.807, 2.05) is 0 Å².